The second-order valence-electron chi connectivity index (χ2n) is 6.61. The normalized spacial score (nSPS) is 11.3. The third-order valence-corrected chi connectivity index (χ3v) is 5.13. The summed E-state index contributed by atoms with van der Waals surface area (Å²) >= 11 is 1.62. The SMILES string of the molecule is CCCSNc1ccc(-c2cc3cnc(N)nc3n(C(C)C)c2=O)c(C)n1. The van der Waals surface area contributed by atoms with E-state index >= 15 is 0 Å². The molecular formula is C19H24N6OS. The number of aryl methyl sites for hydroxylation is 1. The summed E-state index contributed by atoms with van der Waals surface area (Å²) < 4.78 is 4.89. The van der Waals surface area contributed by atoms with E-state index in [2.05, 4.69) is 26.6 Å². The van der Waals surface area contributed by atoms with Gasteiger partial charge in [0.25, 0.3) is 5.56 Å². The Bertz CT molecular complexity index is 1030. The van der Waals surface area contributed by atoms with Gasteiger partial charge in [-0.25, -0.2) is 9.97 Å². The van der Waals surface area contributed by atoms with Crippen LogP contribution in [0, 0.1) is 6.92 Å². The quantitative estimate of drug-likeness (QED) is 0.493. The number of nitrogens with zero attached hydrogens (tertiary/aromatic N) is 4. The number of hydrogen-bond acceptors (Lipinski definition) is 7. The molecule has 0 aliphatic carbocycles. The molecule has 3 heterocycles. The Balaban J connectivity index is 2.13. The van der Waals surface area contributed by atoms with Crippen molar-refractivity contribution in [1.82, 2.24) is 19.5 Å². The van der Waals surface area contributed by atoms with E-state index < -0.39 is 0 Å². The number of anilines is 2. The predicted octanol–water partition coefficient (Wildman–Crippen LogP) is 3.80. The Labute approximate surface area is 162 Å². The van der Waals surface area contributed by atoms with Crippen LogP contribution in [0.2, 0.25) is 0 Å². The van der Waals surface area contributed by atoms with E-state index in [1.807, 2.05) is 39.0 Å². The first-order chi connectivity index (χ1) is 12.9. The van der Waals surface area contributed by atoms with E-state index in [0.29, 0.717) is 11.2 Å². The summed E-state index contributed by atoms with van der Waals surface area (Å²) in [7, 11) is 0. The standard InChI is InChI=1S/C19H24N6OS/c1-5-8-27-24-16-7-6-14(12(4)22-16)15-9-13-10-21-19(20)23-17(13)25(11(2)3)18(15)26/h6-7,9-11H,5,8H2,1-4H3,(H,22,24)(H2,20,21,23). The smallest absolute Gasteiger partial charge is 0.260 e. The maximum atomic E-state index is 13.2. The molecule has 0 unspecified atom stereocenters. The van der Waals surface area contributed by atoms with E-state index in [-0.39, 0.29) is 17.5 Å². The second-order valence-corrected chi connectivity index (χ2v) is 7.52. The third kappa shape index (κ3) is 3.90. The van der Waals surface area contributed by atoms with Crippen molar-refractivity contribution < 1.29 is 0 Å². The zero-order valence-electron chi connectivity index (χ0n) is 16.0. The van der Waals surface area contributed by atoms with Gasteiger partial charge in [-0.15, -0.1) is 0 Å². The van der Waals surface area contributed by atoms with Crippen LogP contribution in [-0.2, 0) is 0 Å². The number of nitrogens with two attached hydrogens (primary N) is 1. The molecule has 7 nitrogen and oxygen atoms in total. The van der Waals surface area contributed by atoms with Crippen molar-refractivity contribution in [1.29, 1.82) is 0 Å². The summed E-state index contributed by atoms with van der Waals surface area (Å²) in [5.41, 5.74) is 8.35. The molecule has 0 spiro atoms. The lowest BCUT2D eigenvalue weighted by Gasteiger charge is -2.16. The van der Waals surface area contributed by atoms with Crippen LogP contribution in [0.25, 0.3) is 22.2 Å². The molecule has 8 heteroatoms. The van der Waals surface area contributed by atoms with Gasteiger partial charge in [-0.05, 0) is 45.4 Å². The van der Waals surface area contributed by atoms with Crippen molar-refractivity contribution >= 4 is 34.7 Å². The van der Waals surface area contributed by atoms with Gasteiger partial charge in [-0.3, -0.25) is 9.36 Å². The fraction of sp³-hybridized carbons (Fsp3) is 0.368. The highest BCUT2D eigenvalue weighted by Gasteiger charge is 2.17. The zero-order chi connectivity index (χ0) is 19.6. The van der Waals surface area contributed by atoms with E-state index in [9.17, 15) is 4.79 Å². The number of nitrogen functional groups attached to an aromatic ring is 1. The van der Waals surface area contributed by atoms with E-state index in [1.54, 1.807) is 22.7 Å². The zero-order valence-corrected chi connectivity index (χ0v) is 16.8. The maximum absolute atomic E-state index is 13.2. The van der Waals surface area contributed by atoms with Gasteiger partial charge in [0.15, 0.2) is 0 Å². The van der Waals surface area contributed by atoms with Crippen LogP contribution in [0.3, 0.4) is 0 Å². The summed E-state index contributed by atoms with van der Waals surface area (Å²) in [5, 5.41) is 0.771. The molecule has 0 fully saturated rings. The minimum atomic E-state index is -0.110. The number of pyridine rings is 2. The minimum absolute atomic E-state index is 0.0612. The van der Waals surface area contributed by atoms with Crippen molar-refractivity contribution in [2.45, 2.75) is 40.2 Å². The van der Waals surface area contributed by atoms with Crippen molar-refractivity contribution in [2.24, 2.45) is 0 Å². The molecule has 3 aromatic heterocycles. The van der Waals surface area contributed by atoms with E-state index in [4.69, 9.17) is 5.73 Å². The fourth-order valence-electron chi connectivity index (χ4n) is 2.93. The summed E-state index contributed by atoms with van der Waals surface area (Å²) in [6.45, 7) is 7.94. The number of hydrogen-bond donors (Lipinski definition) is 2. The molecule has 0 saturated heterocycles. The molecule has 0 aliphatic rings. The first-order valence-corrected chi connectivity index (χ1v) is 9.94. The Morgan fingerprint density at radius 3 is 2.70 bits per heavy atom. The lowest BCUT2D eigenvalue weighted by Crippen LogP contribution is -2.25. The average molecular weight is 385 g/mol. The second kappa shape index (κ2) is 7.96. The number of rotatable bonds is 6. The maximum Gasteiger partial charge on any atom is 0.260 e. The highest BCUT2D eigenvalue weighted by molar-refractivity contribution is 8.00. The van der Waals surface area contributed by atoms with Gasteiger partial charge < -0.3 is 10.5 Å². The molecule has 0 amide bonds. The summed E-state index contributed by atoms with van der Waals surface area (Å²) in [5.74, 6) is 1.95. The first-order valence-electron chi connectivity index (χ1n) is 8.96. The van der Waals surface area contributed by atoms with Crippen molar-refractivity contribution in [3.05, 3.63) is 40.4 Å². The predicted molar refractivity (Wildman–Crippen MR) is 113 cm³/mol. The molecule has 0 aliphatic heterocycles. The van der Waals surface area contributed by atoms with Crippen molar-refractivity contribution in [3.8, 4) is 11.1 Å². The Morgan fingerprint density at radius 2 is 2.04 bits per heavy atom. The van der Waals surface area contributed by atoms with Crippen LogP contribution in [0.15, 0.2) is 29.2 Å². The van der Waals surface area contributed by atoms with Gasteiger partial charge in [0.2, 0.25) is 5.95 Å². The van der Waals surface area contributed by atoms with Gasteiger partial charge in [-0.1, -0.05) is 18.9 Å². The van der Waals surface area contributed by atoms with Gasteiger partial charge in [0, 0.05) is 40.2 Å². The number of fused-ring (bicyclic) bond motifs is 1. The van der Waals surface area contributed by atoms with Gasteiger partial charge in [-0.2, -0.15) is 4.98 Å². The van der Waals surface area contributed by atoms with Crippen LogP contribution in [0.5, 0.6) is 0 Å². The minimum Gasteiger partial charge on any atom is -0.368 e. The molecule has 3 rings (SSSR count). The molecule has 27 heavy (non-hydrogen) atoms. The third-order valence-electron chi connectivity index (χ3n) is 4.17. The van der Waals surface area contributed by atoms with Gasteiger partial charge >= 0.3 is 0 Å². The molecule has 0 saturated carbocycles. The molecule has 0 atom stereocenters. The fourth-order valence-corrected chi connectivity index (χ4v) is 3.50. The Hall–Kier alpha value is -2.61. The molecule has 3 N–H and O–H groups in total. The molecule has 0 aromatic carbocycles. The molecule has 0 radical (unpaired) electrons. The van der Waals surface area contributed by atoms with Crippen molar-refractivity contribution in [3.63, 3.8) is 0 Å². The van der Waals surface area contributed by atoms with Crippen LogP contribution < -0.4 is 16.0 Å². The van der Waals surface area contributed by atoms with Crippen LogP contribution >= 0.6 is 11.9 Å². The molecular weight excluding hydrogens is 360 g/mol. The summed E-state index contributed by atoms with van der Waals surface area (Å²) in [4.78, 5) is 26.1. The molecule has 0 bridgehead atoms. The topological polar surface area (TPSA) is 98.7 Å². The lowest BCUT2D eigenvalue weighted by molar-refractivity contribution is 0.596. The average Bonchev–Trinajstić information content (AvgIpc) is 2.61. The van der Waals surface area contributed by atoms with Gasteiger partial charge in [0.05, 0.1) is 0 Å². The molecule has 142 valence electrons. The van der Waals surface area contributed by atoms with Crippen LogP contribution in [0.4, 0.5) is 11.8 Å². The number of aromatic nitrogens is 4. The molecule has 3 aromatic rings. The highest BCUT2D eigenvalue weighted by Crippen LogP contribution is 2.25. The Morgan fingerprint density at radius 1 is 1.26 bits per heavy atom. The first kappa shape index (κ1) is 19.2. The Kier molecular flexibility index (Phi) is 5.65. The van der Waals surface area contributed by atoms with Crippen LogP contribution in [0.1, 0.15) is 38.9 Å². The number of nitrogens with one attached hydrogen (secondary N) is 1. The van der Waals surface area contributed by atoms with Crippen LogP contribution in [-0.4, -0.2) is 25.3 Å². The van der Waals surface area contributed by atoms with Gasteiger partial charge in [0.1, 0.15) is 11.5 Å². The summed E-state index contributed by atoms with van der Waals surface area (Å²) in [6, 6.07) is 5.59. The summed E-state index contributed by atoms with van der Waals surface area (Å²) in [6.07, 6.45) is 2.74. The van der Waals surface area contributed by atoms with Crippen molar-refractivity contribution in [2.75, 3.05) is 16.2 Å². The highest BCUT2D eigenvalue weighted by atomic mass is 32.2. The van der Waals surface area contributed by atoms with E-state index in [0.717, 1.165) is 34.6 Å². The monoisotopic (exact) mass is 384 g/mol. The van der Waals surface area contributed by atoms with E-state index in [1.165, 1.54) is 0 Å². The largest absolute Gasteiger partial charge is 0.368 e. The lowest BCUT2D eigenvalue weighted by atomic mass is 10.0.